The van der Waals surface area contributed by atoms with Gasteiger partial charge in [0.05, 0.1) is 24.8 Å². The first-order valence-corrected chi connectivity index (χ1v) is 6.01. The number of carbonyl (C=O) groups excluding carboxylic acids is 1. The smallest absolute Gasteiger partial charge is 0.159 e. The molecule has 19 heavy (non-hydrogen) atoms. The van der Waals surface area contributed by atoms with Gasteiger partial charge < -0.3 is 9.64 Å². The summed E-state index contributed by atoms with van der Waals surface area (Å²) >= 11 is 0. The number of methoxy groups -OCH3 is 1. The van der Waals surface area contributed by atoms with Gasteiger partial charge in [-0.2, -0.15) is 5.26 Å². The Labute approximate surface area is 112 Å². The third-order valence-corrected chi connectivity index (χ3v) is 2.75. The lowest BCUT2D eigenvalue weighted by molar-refractivity contribution is 0.101. The van der Waals surface area contributed by atoms with Gasteiger partial charge in [0.1, 0.15) is 5.82 Å². The van der Waals surface area contributed by atoms with Crippen molar-refractivity contribution in [2.75, 3.05) is 31.7 Å². The molecule has 0 atom stereocenters. The van der Waals surface area contributed by atoms with Crippen molar-refractivity contribution in [3.63, 3.8) is 0 Å². The maximum atomic E-state index is 14.0. The number of Topliss-reactive ketones (excluding diaryl/α,β-unsaturated/α-hetero) is 1. The van der Waals surface area contributed by atoms with Crippen molar-refractivity contribution in [2.45, 2.75) is 13.3 Å². The zero-order valence-electron chi connectivity index (χ0n) is 11.1. The van der Waals surface area contributed by atoms with E-state index in [2.05, 4.69) is 0 Å². The molecule has 0 amide bonds. The van der Waals surface area contributed by atoms with Gasteiger partial charge in [-0.05, 0) is 25.1 Å². The minimum absolute atomic E-state index is 0.175. The summed E-state index contributed by atoms with van der Waals surface area (Å²) in [5.74, 6) is -0.632. The Bertz CT molecular complexity index is 483. The van der Waals surface area contributed by atoms with Crippen molar-refractivity contribution >= 4 is 11.5 Å². The highest BCUT2D eigenvalue weighted by Crippen LogP contribution is 2.21. The zero-order valence-corrected chi connectivity index (χ0v) is 11.1. The number of hydrogen-bond donors (Lipinski definition) is 0. The van der Waals surface area contributed by atoms with E-state index in [1.165, 1.54) is 13.0 Å². The third kappa shape index (κ3) is 4.34. The average Bonchev–Trinajstić information content (AvgIpc) is 2.39. The lowest BCUT2D eigenvalue weighted by Crippen LogP contribution is -2.29. The normalized spacial score (nSPS) is 10.0. The molecule has 0 fully saturated rings. The van der Waals surface area contributed by atoms with Crippen molar-refractivity contribution in [3.05, 3.63) is 29.6 Å². The van der Waals surface area contributed by atoms with Crippen molar-refractivity contribution < 1.29 is 13.9 Å². The van der Waals surface area contributed by atoms with Crippen LogP contribution in [-0.2, 0) is 4.74 Å². The first-order chi connectivity index (χ1) is 9.10. The predicted molar refractivity (Wildman–Crippen MR) is 70.7 cm³/mol. The van der Waals surface area contributed by atoms with E-state index in [9.17, 15) is 9.18 Å². The molecule has 0 saturated heterocycles. The molecule has 102 valence electrons. The molecule has 1 rings (SSSR count). The van der Waals surface area contributed by atoms with E-state index in [-0.39, 0.29) is 5.78 Å². The summed E-state index contributed by atoms with van der Waals surface area (Å²) < 4.78 is 19.0. The number of benzene rings is 1. The quantitative estimate of drug-likeness (QED) is 0.710. The van der Waals surface area contributed by atoms with Crippen LogP contribution in [0.25, 0.3) is 0 Å². The van der Waals surface area contributed by atoms with E-state index in [1.807, 2.05) is 6.07 Å². The Kier molecular flexibility index (Phi) is 5.97. The van der Waals surface area contributed by atoms with Crippen LogP contribution in [0.2, 0.25) is 0 Å². The lowest BCUT2D eigenvalue weighted by atomic mass is 10.1. The van der Waals surface area contributed by atoms with Crippen LogP contribution in [0.5, 0.6) is 0 Å². The number of nitrogens with zero attached hydrogens (tertiary/aromatic N) is 2. The second kappa shape index (κ2) is 7.49. The standard InChI is InChI=1S/C14H17FN2O2/c1-11(18)12-4-5-14(13(15)10-12)17(7-3-6-16)8-9-19-2/h4-5,10H,3,7-9H2,1-2H3. The summed E-state index contributed by atoms with van der Waals surface area (Å²) in [5, 5.41) is 8.63. The number of carbonyl (C=O) groups is 1. The molecule has 5 heteroatoms. The van der Waals surface area contributed by atoms with Crippen molar-refractivity contribution in [2.24, 2.45) is 0 Å². The highest BCUT2D eigenvalue weighted by molar-refractivity contribution is 5.94. The summed E-state index contributed by atoms with van der Waals surface area (Å²) in [7, 11) is 1.57. The summed E-state index contributed by atoms with van der Waals surface area (Å²) in [4.78, 5) is 12.9. The topological polar surface area (TPSA) is 53.3 Å². The number of ketones is 1. The second-order valence-electron chi connectivity index (χ2n) is 4.11. The number of ether oxygens (including phenoxy) is 1. The fourth-order valence-corrected chi connectivity index (χ4v) is 1.72. The number of rotatable bonds is 7. The molecular formula is C14H17FN2O2. The molecule has 0 saturated carbocycles. The highest BCUT2D eigenvalue weighted by Gasteiger charge is 2.13. The Morgan fingerprint density at radius 2 is 2.21 bits per heavy atom. The Morgan fingerprint density at radius 3 is 2.74 bits per heavy atom. The van der Waals surface area contributed by atoms with Crippen LogP contribution in [0, 0.1) is 17.1 Å². The molecular weight excluding hydrogens is 247 g/mol. The van der Waals surface area contributed by atoms with E-state index in [0.717, 1.165) is 0 Å². The fraction of sp³-hybridized carbons (Fsp3) is 0.429. The molecule has 0 N–H and O–H groups in total. The number of anilines is 1. The minimum atomic E-state index is -0.457. The molecule has 0 unspecified atom stereocenters. The summed E-state index contributed by atoms with van der Waals surface area (Å²) in [5.41, 5.74) is 0.727. The van der Waals surface area contributed by atoms with E-state index in [4.69, 9.17) is 10.00 Å². The van der Waals surface area contributed by atoms with Gasteiger partial charge in [-0.25, -0.2) is 4.39 Å². The summed E-state index contributed by atoms with van der Waals surface area (Å²) in [6.07, 6.45) is 0.303. The van der Waals surface area contributed by atoms with E-state index in [0.29, 0.717) is 37.4 Å². The van der Waals surface area contributed by atoms with Crippen LogP contribution >= 0.6 is 0 Å². The van der Waals surface area contributed by atoms with Crippen LogP contribution in [0.3, 0.4) is 0 Å². The van der Waals surface area contributed by atoms with Crippen molar-refractivity contribution in [1.82, 2.24) is 0 Å². The van der Waals surface area contributed by atoms with E-state index < -0.39 is 5.82 Å². The van der Waals surface area contributed by atoms with Crippen LogP contribution < -0.4 is 4.90 Å². The molecule has 0 radical (unpaired) electrons. The monoisotopic (exact) mass is 264 g/mol. The van der Waals surface area contributed by atoms with Gasteiger partial charge in [-0.1, -0.05) is 0 Å². The Balaban J connectivity index is 2.94. The van der Waals surface area contributed by atoms with Crippen LogP contribution in [0.15, 0.2) is 18.2 Å². The Hall–Kier alpha value is -1.93. The zero-order chi connectivity index (χ0) is 14.3. The van der Waals surface area contributed by atoms with Crippen LogP contribution in [0.4, 0.5) is 10.1 Å². The van der Waals surface area contributed by atoms with E-state index in [1.54, 1.807) is 24.1 Å². The first-order valence-electron chi connectivity index (χ1n) is 6.01. The largest absolute Gasteiger partial charge is 0.383 e. The SMILES string of the molecule is COCCN(CCC#N)c1ccc(C(C)=O)cc1F. The van der Waals surface area contributed by atoms with Gasteiger partial charge in [0.15, 0.2) is 5.78 Å². The molecule has 0 spiro atoms. The molecule has 0 aliphatic rings. The minimum Gasteiger partial charge on any atom is -0.383 e. The number of nitriles is 1. The maximum Gasteiger partial charge on any atom is 0.159 e. The van der Waals surface area contributed by atoms with Crippen molar-refractivity contribution in [3.8, 4) is 6.07 Å². The van der Waals surface area contributed by atoms with Crippen LogP contribution in [0.1, 0.15) is 23.7 Å². The van der Waals surface area contributed by atoms with Gasteiger partial charge in [-0.15, -0.1) is 0 Å². The number of halogens is 1. The molecule has 0 aromatic heterocycles. The molecule has 0 bridgehead atoms. The van der Waals surface area contributed by atoms with E-state index >= 15 is 0 Å². The molecule has 0 heterocycles. The molecule has 4 nitrogen and oxygen atoms in total. The lowest BCUT2D eigenvalue weighted by Gasteiger charge is -2.24. The van der Waals surface area contributed by atoms with Gasteiger partial charge in [0.25, 0.3) is 0 Å². The highest BCUT2D eigenvalue weighted by atomic mass is 19.1. The Morgan fingerprint density at radius 1 is 1.47 bits per heavy atom. The molecule has 1 aromatic carbocycles. The van der Waals surface area contributed by atoms with Gasteiger partial charge in [0, 0.05) is 25.8 Å². The molecule has 0 aliphatic carbocycles. The summed E-state index contributed by atoms with van der Waals surface area (Å²) in [6.45, 7) is 2.76. The second-order valence-corrected chi connectivity index (χ2v) is 4.11. The van der Waals surface area contributed by atoms with Gasteiger partial charge in [0.2, 0.25) is 0 Å². The third-order valence-electron chi connectivity index (χ3n) is 2.75. The molecule has 0 aliphatic heterocycles. The summed E-state index contributed by atoms with van der Waals surface area (Å²) in [6, 6.07) is 6.42. The average molecular weight is 264 g/mol. The van der Waals surface area contributed by atoms with Crippen LogP contribution in [-0.4, -0.2) is 32.6 Å². The predicted octanol–water partition coefficient (Wildman–Crippen LogP) is 2.39. The maximum absolute atomic E-state index is 14.0. The fourth-order valence-electron chi connectivity index (χ4n) is 1.72. The molecule has 1 aromatic rings. The van der Waals surface area contributed by atoms with Gasteiger partial charge >= 0.3 is 0 Å². The van der Waals surface area contributed by atoms with Gasteiger partial charge in [-0.3, -0.25) is 4.79 Å². The number of hydrogen-bond acceptors (Lipinski definition) is 4. The first kappa shape index (κ1) is 15.1. The van der Waals surface area contributed by atoms with Crippen molar-refractivity contribution in [1.29, 1.82) is 5.26 Å².